The molecule has 3 atom stereocenters. The van der Waals surface area contributed by atoms with E-state index in [4.69, 9.17) is 5.73 Å². The lowest BCUT2D eigenvalue weighted by Crippen LogP contribution is -2.30. The molecule has 1 aliphatic rings. The maximum Gasteiger partial charge on any atom is 0.274 e. The van der Waals surface area contributed by atoms with Crippen molar-refractivity contribution < 1.29 is 18.0 Å². The first-order valence-electron chi connectivity index (χ1n) is 12.0. The minimum Gasteiger partial charge on any atom is -0.364 e. The summed E-state index contributed by atoms with van der Waals surface area (Å²) in [7, 11) is -2.16. The molecule has 1 saturated carbocycles. The van der Waals surface area contributed by atoms with Crippen LogP contribution in [0.15, 0.2) is 59.8 Å². The molecule has 2 amide bonds. The molecule has 2 N–H and O–H groups in total. The van der Waals surface area contributed by atoms with Crippen LogP contribution in [0.3, 0.4) is 0 Å². The fourth-order valence-electron chi connectivity index (χ4n) is 4.70. The molecule has 3 aromatic heterocycles. The number of carbonyl (C=O) groups is 2. The van der Waals surface area contributed by atoms with Crippen molar-refractivity contribution in [2.75, 3.05) is 7.05 Å². The van der Waals surface area contributed by atoms with E-state index >= 15 is 0 Å². The average molecular weight is 521 g/mol. The SMILES string of the molecule is Cc1ccc(S(=O)(=O)n2ccc3c(C(C)n4nc(C(=O)N(C)[C@H]5C[C@@H]5C)cc4C(N)=O)ccnc32)cc1. The molecule has 3 heterocycles. The topological polar surface area (TPSA) is 133 Å². The Labute approximate surface area is 214 Å². The van der Waals surface area contributed by atoms with E-state index in [1.165, 1.54) is 23.1 Å². The third-order valence-electron chi connectivity index (χ3n) is 7.08. The van der Waals surface area contributed by atoms with Crippen molar-refractivity contribution in [3.05, 3.63) is 77.4 Å². The van der Waals surface area contributed by atoms with Gasteiger partial charge in [-0.3, -0.25) is 14.3 Å². The lowest BCUT2D eigenvalue weighted by atomic mass is 10.1. The van der Waals surface area contributed by atoms with Crippen molar-refractivity contribution in [2.45, 2.75) is 44.2 Å². The van der Waals surface area contributed by atoms with Crippen LogP contribution in [0.1, 0.15) is 58.4 Å². The Morgan fingerprint density at radius 3 is 2.46 bits per heavy atom. The standard InChI is InChI=1S/C26H28N6O4S/c1-15-5-7-18(8-6-15)37(35,36)31-12-10-20-19(9-11-28-25(20)31)17(3)32-23(24(27)33)14-21(29-32)26(34)30(4)22-13-16(22)2/h5-12,14,16-17,22H,13H2,1-4H3,(H2,27,33)/t16-,17?,22-/m0/s1. The maximum atomic E-state index is 13.3. The van der Waals surface area contributed by atoms with Crippen molar-refractivity contribution in [2.24, 2.45) is 11.7 Å². The molecule has 0 radical (unpaired) electrons. The molecule has 11 heteroatoms. The van der Waals surface area contributed by atoms with Crippen molar-refractivity contribution in [3.63, 3.8) is 0 Å². The van der Waals surface area contributed by atoms with E-state index < -0.39 is 22.0 Å². The largest absolute Gasteiger partial charge is 0.364 e. The zero-order valence-corrected chi connectivity index (χ0v) is 21.8. The number of aromatic nitrogens is 4. The Kier molecular flexibility index (Phi) is 5.90. The summed E-state index contributed by atoms with van der Waals surface area (Å²) in [4.78, 5) is 31.4. The lowest BCUT2D eigenvalue weighted by Gasteiger charge is -2.17. The van der Waals surface area contributed by atoms with Gasteiger partial charge in [-0.15, -0.1) is 0 Å². The zero-order valence-electron chi connectivity index (χ0n) is 21.0. The molecule has 0 saturated heterocycles. The van der Waals surface area contributed by atoms with Crippen LogP contribution in [0.2, 0.25) is 0 Å². The number of carbonyl (C=O) groups excluding carboxylic acids is 2. The summed E-state index contributed by atoms with van der Waals surface area (Å²) in [6.07, 6.45) is 3.90. The summed E-state index contributed by atoms with van der Waals surface area (Å²) in [5.74, 6) is -0.570. The number of fused-ring (bicyclic) bond motifs is 1. The fraction of sp³-hybridized carbons (Fsp3) is 0.308. The fourth-order valence-corrected chi connectivity index (χ4v) is 6.00. The second-order valence-electron chi connectivity index (χ2n) is 9.66. The summed E-state index contributed by atoms with van der Waals surface area (Å²) in [5, 5.41) is 5.04. The van der Waals surface area contributed by atoms with Crippen molar-refractivity contribution in [3.8, 4) is 0 Å². The second-order valence-corrected chi connectivity index (χ2v) is 11.5. The molecule has 0 aliphatic heterocycles. The smallest absolute Gasteiger partial charge is 0.274 e. The van der Waals surface area contributed by atoms with Crippen LogP contribution in [0, 0.1) is 12.8 Å². The van der Waals surface area contributed by atoms with Crippen molar-refractivity contribution in [1.82, 2.24) is 23.6 Å². The van der Waals surface area contributed by atoms with Crippen LogP contribution < -0.4 is 5.73 Å². The summed E-state index contributed by atoms with van der Waals surface area (Å²) >= 11 is 0. The number of primary amides is 1. The van der Waals surface area contributed by atoms with Gasteiger partial charge >= 0.3 is 0 Å². The predicted molar refractivity (Wildman–Crippen MR) is 138 cm³/mol. The molecule has 1 unspecified atom stereocenters. The van der Waals surface area contributed by atoms with E-state index in [0.717, 1.165) is 16.0 Å². The van der Waals surface area contributed by atoms with Crippen molar-refractivity contribution in [1.29, 1.82) is 0 Å². The first kappa shape index (κ1) is 24.7. The predicted octanol–water partition coefficient (Wildman–Crippen LogP) is 2.97. The van der Waals surface area contributed by atoms with Gasteiger partial charge in [0, 0.05) is 36.9 Å². The summed E-state index contributed by atoms with van der Waals surface area (Å²) in [5.41, 5.74) is 7.74. The van der Waals surface area contributed by atoms with Crippen LogP contribution in [0.4, 0.5) is 0 Å². The van der Waals surface area contributed by atoms with Crippen molar-refractivity contribution >= 4 is 32.9 Å². The Morgan fingerprint density at radius 2 is 1.84 bits per heavy atom. The molecular formula is C26H28N6O4S. The quantitative estimate of drug-likeness (QED) is 0.398. The summed E-state index contributed by atoms with van der Waals surface area (Å²) in [6, 6.07) is 11.0. The number of hydrogen-bond donors (Lipinski definition) is 1. The number of hydrogen-bond acceptors (Lipinski definition) is 6. The molecule has 4 aromatic rings. The molecule has 10 nitrogen and oxygen atoms in total. The molecule has 37 heavy (non-hydrogen) atoms. The average Bonchev–Trinajstić information content (AvgIpc) is 3.25. The molecule has 1 aliphatic carbocycles. The summed E-state index contributed by atoms with van der Waals surface area (Å²) < 4.78 is 29.2. The number of pyridine rings is 1. The molecule has 0 spiro atoms. The Morgan fingerprint density at radius 1 is 1.16 bits per heavy atom. The number of nitrogens with zero attached hydrogens (tertiary/aromatic N) is 5. The number of nitrogens with two attached hydrogens (primary N) is 1. The van der Waals surface area contributed by atoms with Gasteiger partial charge in [0.05, 0.1) is 10.9 Å². The van der Waals surface area contributed by atoms with Crippen LogP contribution >= 0.6 is 0 Å². The van der Waals surface area contributed by atoms with E-state index in [1.54, 1.807) is 55.3 Å². The van der Waals surface area contributed by atoms with Crippen LogP contribution in [-0.2, 0) is 10.0 Å². The minimum atomic E-state index is -3.88. The molecule has 192 valence electrons. The van der Waals surface area contributed by atoms with Crippen LogP contribution in [0.5, 0.6) is 0 Å². The highest BCUT2D eigenvalue weighted by molar-refractivity contribution is 7.90. The number of benzene rings is 1. The highest BCUT2D eigenvalue weighted by Gasteiger charge is 2.39. The number of amides is 2. The first-order valence-corrected chi connectivity index (χ1v) is 13.4. The Balaban J connectivity index is 1.55. The van der Waals surface area contributed by atoms with E-state index in [0.29, 0.717) is 16.9 Å². The molecule has 5 rings (SSSR count). The molecular weight excluding hydrogens is 492 g/mol. The van der Waals surface area contributed by atoms with Gasteiger partial charge in [0.15, 0.2) is 11.3 Å². The van der Waals surface area contributed by atoms with Gasteiger partial charge in [-0.25, -0.2) is 17.4 Å². The summed E-state index contributed by atoms with van der Waals surface area (Å²) in [6.45, 7) is 5.76. The highest BCUT2D eigenvalue weighted by Crippen LogP contribution is 2.35. The monoisotopic (exact) mass is 520 g/mol. The van der Waals surface area contributed by atoms with Gasteiger partial charge in [-0.2, -0.15) is 5.10 Å². The van der Waals surface area contributed by atoms with E-state index in [1.807, 2.05) is 6.92 Å². The Hall–Kier alpha value is -3.99. The third kappa shape index (κ3) is 4.18. The molecule has 0 bridgehead atoms. The first-order chi connectivity index (χ1) is 17.5. The van der Waals surface area contributed by atoms with E-state index in [-0.39, 0.29) is 33.9 Å². The van der Waals surface area contributed by atoms with Crippen LogP contribution in [0.25, 0.3) is 11.0 Å². The number of aryl methyl sites for hydroxylation is 1. The normalized spacial score (nSPS) is 18.1. The minimum absolute atomic E-state index is 0.0877. The van der Waals surface area contributed by atoms with Gasteiger partial charge < -0.3 is 10.6 Å². The molecule has 1 fully saturated rings. The van der Waals surface area contributed by atoms with Gasteiger partial charge in [0.1, 0.15) is 5.69 Å². The van der Waals surface area contributed by atoms with Gasteiger partial charge in [-0.05, 0) is 56.0 Å². The lowest BCUT2D eigenvalue weighted by molar-refractivity contribution is 0.0771. The zero-order chi connectivity index (χ0) is 26.6. The molecule has 1 aromatic carbocycles. The van der Waals surface area contributed by atoms with Gasteiger partial charge in [0.2, 0.25) is 0 Å². The second kappa shape index (κ2) is 8.84. The van der Waals surface area contributed by atoms with E-state index in [9.17, 15) is 18.0 Å². The van der Waals surface area contributed by atoms with Gasteiger partial charge in [0.25, 0.3) is 21.8 Å². The third-order valence-corrected chi connectivity index (χ3v) is 8.76. The van der Waals surface area contributed by atoms with E-state index in [2.05, 4.69) is 17.0 Å². The van der Waals surface area contributed by atoms with Crippen LogP contribution in [-0.4, -0.2) is 57.0 Å². The maximum absolute atomic E-state index is 13.3. The number of rotatable bonds is 7. The van der Waals surface area contributed by atoms with Gasteiger partial charge in [-0.1, -0.05) is 24.6 Å². The highest BCUT2D eigenvalue weighted by atomic mass is 32.2. The Bertz CT molecular complexity index is 1640.